The Hall–Kier alpha value is -0.600. The van der Waals surface area contributed by atoms with Gasteiger partial charge in [0.15, 0.2) is 0 Å². The highest BCUT2D eigenvalue weighted by Gasteiger charge is 2.06. The van der Waals surface area contributed by atoms with Gasteiger partial charge >= 0.3 is 0 Å². The fraction of sp³-hybridized carbons (Fsp3) is 0.333. The fourth-order valence-electron chi connectivity index (χ4n) is 0.924. The molecule has 0 saturated heterocycles. The molecule has 0 aliphatic rings. The highest BCUT2D eigenvalue weighted by atomic mass is 35.5. The Morgan fingerprint density at radius 2 is 2.25 bits per heavy atom. The van der Waals surface area contributed by atoms with Gasteiger partial charge in [0.2, 0.25) is 0 Å². The van der Waals surface area contributed by atoms with E-state index in [1.165, 1.54) is 12.1 Å². The Balaban J connectivity index is 2.96. The summed E-state index contributed by atoms with van der Waals surface area (Å²) in [5.74, 6) is -0.423. The van der Waals surface area contributed by atoms with E-state index in [1.807, 2.05) is 6.92 Å². The van der Waals surface area contributed by atoms with E-state index in [4.69, 9.17) is 16.7 Å². The second-order valence-corrected chi connectivity index (χ2v) is 3.16. The maximum atomic E-state index is 12.7. The summed E-state index contributed by atoms with van der Waals surface area (Å²) in [6.07, 6.45) is 0. The summed E-state index contributed by atoms with van der Waals surface area (Å²) in [4.78, 5) is 0. The summed E-state index contributed by atoms with van der Waals surface area (Å²) in [5, 5.41) is 8.92. The van der Waals surface area contributed by atoms with E-state index in [0.717, 1.165) is 5.56 Å². The average molecular weight is 189 g/mol. The van der Waals surface area contributed by atoms with Crippen LogP contribution >= 0.6 is 11.6 Å². The van der Waals surface area contributed by atoms with Gasteiger partial charge in [0.25, 0.3) is 0 Å². The van der Waals surface area contributed by atoms with Gasteiger partial charge in [-0.2, -0.15) is 0 Å². The molecule has 0 aliphatic heterocycles. The molecule has 0 saturated carbocycles. The van der Waals surface area contributed by atoms with Crippen LogP contribution < -0.4 is 0 Å². The van der Waals surface area contributed by atoms with Crippen molar-refractivity contribution in [2.75, 3.05) is 6.61 Å². The minimum atomic E-state index is -0.425. The van der Waals surface area contributed by atoms with Crippen molar-refractivity contribution in [2.24, 2.45) is 0 Å². The van der Waals surface area contributed by atoms with Crippen molar-refractivity contribution in [1.82, 2.24) is 0 Å². The van der Waals surface area contributed by atoms with Crippen LogP contribution in [0.4, 0.5) is 4.39 Å². The lowest BCUT2D eigenvalue weighted by Gasteiger charge is -2.08. The van der Waals surface area contributed by atoms with E-state index >= 15 is 0 Å². The molecular weight excluding hydrogens is 179 g/mol. The molecular formula is C9H10ClFO. The minimum Gasteiger partial charge on any atom is -0.396 e. The first-order valence-corrected chi connectivity index (χ1v) is 4.08. The molecule has 1 rings (SSSR count). The van der Waals surface area contributed by atoms with Gasteiger partial charge < -0.3 is 5.11 Å². The summed E-state index contributed by atoms with van der Waals surface area (Å²) in [7, 11) is 0. The van der Waals surface area contributed by atoms with Crippen LogP contribution in [0.15, 0.2) is 18.2 Å². The summed E-state index contributed by atoms with van der Waals surface area (Å²) >= 11 is 5.56. The van der Waals surface area contributed by atoms with E-state index < -0.39 is 5.82 Å². The minimum absolute atomic E-state index is 0.00287. The average Bonchev–Trinajstić information content (AvgIpc) is 2.08. The first-order chi connectivity index (χ1) is 5.65. The number of halogens is 2. The van der Waals surface area contributed by atoms with Crippen molar-refractivity contribution in [3.8, 4) is 0 Å². The van der Waals surface area contributed by atoms with Crippen molar-refractivity contribution < 1.29 is 9.50 Å². The van der Waals surface area contributed by atoms with Gasteiger partial charge in [-0.1, -0.05) is 24.6 Å². The van der Waals surface area contributed by atoms with Crippen LogP contribution in [-0.2, 0) is 0 Å². The molecule has 66 valence electrons. The van der Waals surface area contributed by atoms with Gasteiger partial charge in [0, 0.05) is 12.5 Å². The Morgan fingerprint density at radius 3 is 2.75 bits per heavy atom. The van der Waals surface area contributed by atoms with Crippen LogP contribution in [0, 0.1) is 5.82 Å². The lowest BCUT2D eigenvalue weighted by atomic mass is 10.0. The fourth-order valence-corrected chi connectivity index (χ4v) is 1.11. The maximum Gasteiger partial charge on any atom is 0.141 e. The Labute approximate surface area is 75.8 Å². The van der Waals surface area contributed by atoms with Crippen LogP contribution in [0.3, 0.4) is 0 Å². The van der Waals surface area contributed by atoms with E-state index in [0.29, 0.717) is 0 Å². The summed E-state index contributed by atoms with van der Waals surface area (Å²) in [6, 6.07) is 4.48. The van der Waals surface area contributed by atoms with E-state index in [-0.39, 0.29) is 17.5 Å². The highest BCUT2D eigenvalue weighted by Crippen LogP contribution is 2.21. The zero-order chi connectivity index (χ0) is 9.14. The molecule has 0 radical (unpaired) electrons. The second-order valence-electron chi connectivity index (χ2n) is 2.76. The lowest BCUT2D eigenvalue weighted by Crippen LogP contribution is -1.98. The predicted molar refractivity (Wildman–Crippen MR) is 46.9 cm³/mol. The molecule has 0 amide bonds. The lowest BCUT2D eigenvalue weighted by molar-refractivity contribution is 0.273. The molecule has 12 heavy (non-hydrogen) atoms. The number of hydrogen-bond acceptors (Lipinski definition) is 1. The van der Waals surface area contributed by atoms with Gasteiger partial charge in [-0.05, 0) is 17.7 Å². The topological polar surface area (TPSA) is 20.2 Å². The molecule has 1 nitrogen and oxygen atoms in total. The molecule has 0 heterocycles. The van der Waals surface area contributed by atoms with Crippen molar-refractivity contribution in [1.29, 1.82) is 0 Å². The van der Waals surface area contributed by atoms with Crippen molar-refractivity contribution >= 4 is 11.6 Å². The van der Waals surface area contributed by atoms with E-state index in [2.05, 4.69) is 0 Å². The number of benzene rings is 1. The zero-order valence-electron chi connectivity index (χ0n) is 6.72. The van der Waals surface area contributed by atoms with E-state index in [1.54, 1.807) is 6.07 Å². The molecule has 1 N–H and O–H groups in total. The largest absolute Gasteiger partial charge is 0.396 e. The van der Waals surface area contributed by atoms with Crippen LogP contribution in [-0.4, -0.2) is 11.7 Å². The highest BCUT2D eigenvalue weighted by molar-refractivity contribution is 6.30. The van der Waals surface area contributed by atoms with Gasteiger partial charge in [-0.15, -0.1) is 0 Å². The molecule has 0 unspecified atom stereocenters. The third-order valence-electron chi connectivity index (χ3n) is 1.79. The van der Waals surface area contributed by atoms with Gasteiger partial charge in [-0.3, -0.25) is 0 Å². The van der Waals surface area contributed by atoms with Crippen LogP contribution in [0.2, 0.25) is 5.02 Å². The number of aliphatic hydroxyl groups excluding tert-OH is 1. The van der Waals surface area contributed by atoms with Crippen molar-refractivity contribution in [3.05, 3.63) is 34.6 Å². The molecule has 0 aromatic heterocycles. The first-order valence-electron chi connectivity index (χ1n) is 3.71. The molecule has 3 heteroatoms. The molecule has 0 fully saturated rings. The third-order valence-corrected chi connectivity index (χ3v) is 2.08. The SMILES string of the molecule is C[C@H](CO)c1ccc(F)c(Cl)c1. The predicted octanol–water partition coefficient (Wildman–Crippen LogP) is 2.57. The molecule has 0 bridgehead atoms. The summed E-state index contributed by atoms with van der Waals surface area (Å²) in [5.41, 5.74) is 0.851. The Kier molecular flexibility index (Phi) is 3.06. The standard InChI is InChI=1S/C9H10ClFO/c1-6(5-12)7-2-3-9(11)8(10)4-7/h2-4,6,12H,5H2,1H3/t6-/m1/s1. The van der Waals surface area contributed by atoms with Crippen LogP contribution in [0.1, 0.15) is 18.4 Å². The number of aliphatic hydroxyl groups is 1. The summed E-state index contributed by atoms with van der Waals surface area (Å²) < 4.78 is 12.7. The Bertz CT molecular complexity index is 275. The zero-order valence-corrected chi connectivity index (χ0v) is 7.48. The van der Waals surface area contributed by atoms with Gasteiger partial charge in [-0.25, -0.2) is 4.39 Å². The van der Waals surface area contributed by atoms with Crippen LogP contribution in [0.5, 0.6) is 0 Å². The van der Waals surface area contributed by atoms with Gasteiger partial charge in [0.1, 0.15) is 5.82 Å². The quantitative estimate of drug-likeness (QED) is 0.757. The maximum absolute atomic E-state index is 12.7. The van der Waals surface area contributed by atoms with Crippen molar-refractivity contribution in [2.45, 2.75) is 12.8 Å². The van der Waals surface area contributed by atoms with Gasteiger partial charge in [0.05, 0.1) is 5.02 Å². The molecule has 1 aromatic rings. The third kappa shape index (κ3) is 1.96. The molecule has 1 aromatic carbocycles. The van der Waals surface area contributed by atoms with E-state index in [9.17, 15) is 4.39 Å². The monoisotopic (exact) mass is 188 g/mol. The van der Waals surface area contributed by atoms with Crippen LogP contribution in [0.25, 0.3) is 0 Å². The first kappa shape index (κ1) is 9.49. The number of hydrogen-bond donors (Lipinski definition) is 1. The molecule has 1 atom stereocenters. The van der Waals surface area contributed by atoms with Crippen molar-refractivity contribution in [3.63, 3.8) is 0 Å². The normalized spacial score (nSPS) is 13.0. The smallest absolute Gasteiger partial charge is 0.141 e. The molecule has 0 aliphatic carbocycles. The number of rotatable bonds is 2. The Morgan fingerprint density at radius 1 is 1.58 bits per heavy atom. The molecule has 0 spiro atoms. The summed E-state index contributed by atoms with van der Waals surface area (Å²) in [6.45, 7) is 1.89. The second kappa shape index (κ2) is 3.87.